The molecule has 4 aromatic rings. The number of esters is 2. The molecule has 2 aromatic carbocycles. The maximum Gasteiger partial charge on any atom is 0.338 e. The molecule has 0 saturated heterocycles. The minimum Gasteiger partial charge on any atom is -0.496 e. The number of thiazole rings is 1. The third-order valence-electron chi connectivity index (χ3n) is 6.66. The van der Waals surface area contributed by atoms with Gasteiger partial charge < -0.3 is 23.4 Å². The molecular weight excluding hydrogens is 560 g/mol. The minimum absolute atomic E-state index is 0.0541. The van der Waals surface area contributed by atoms with E-state index in [2.05, 4.69) is 4.99 Å². The lowest BCUT2D eigenvalue weighted by Gasteiger charge is -2.26. The second-order valence-corrected chi connectivity index (χ2v) is 10.2. The summed E-state index contributed by atoms with van der Waals surface area (Å²) in [6.45, 7) is 2.00. The van der Waals surface area contributed by atoms with Crippen LogP contribution in [0.1, 0.15) is 34.6 Å². The first-order valence-electron chi connectivity index (χ1n) is 13.0. The van der Waals surface area contributed by atoms with Crippen molar-refractivity contribution in [1.29, 1.82) is 0 Å². The number of methoxy groups -OCH3 is 3. The van der Waals surface area contributed by atoms with E-state index in [1.165, 1.54) is 37.2 Å². The van der Waals surface area contributed by atoms with Crippen molar-refractivity contribution in [2.75, 3.05) is 34.5 Å². The van der Waals surface area contributed by atoms with E-state index < -0.39 is 18.0 Å². The molecule has 0 radical (unpaired) electrons. The Morgan fingerprint density at radius 2 is 1.83 bits per heavy atom. The lowest BCUT2D eigenvalue weighted by atomic mass is 9.95. The second-order valence-electron chi connectivity index (χ2n) is 9.23. The summed E-state index contributed by atoms with van der Waals surface area (Å²) in [5.74, 6) is 0.417. The van der Waals surface area contributed by atoms with Crippen LogP contribution in [-0.4, -0.2) is 51.0 Å². The van der Waals surface area contributed by atoms with Crippen molar-refractivity contribution in [2.45, 2.75) is 13.0 Å². The zero-order chi connectivity index (χ0) is 29.8. The van der Waals surface area contributed by atoms with Crippen LogP contribution in [-0.2, 0) is 19.0 Å². The highest BCUT2D eigenvalue weighted by molar-refractivity contribution is 7.07. The number of rotatable bonds is 9. The summed E-state index contributed by atoms with van der Waals surface area (Å²) in [7, 11) is 4.37. The second kappa shape index (κ2) is 12.4. The van der Waals surface area contributed by atoms with Crippen molar-refractivity contribution in [1.82, 2.24) is 4.57 Å². The van der Waals surface area contributed by atoms with E-state index in [0.29, 0.717) is 49.0 Å². The molecule has 0 saturated carbocycles. The quantitative estimate of drug-likeness (QED) is 0.215. The Morgan fingerprint density at radius 1 is 1.02 bits per heavy atom. The molecule has 0 aliphatic carbocycles. The number of para-hydroxylation sites is 1. The van der Waals surface area contributed by atoms with Gasteiger partial charge in [0, 0.05) is 24.3 Å². The summed E-state index contributed by atoms with van der Waals surface area (Å²) < 4.78 is 28.8. The number of hydrogen-bond acceptors (Lipinski definition) is 10. The Labute approximate surface area is 244 Å². The number of furan rings is 1. The molecule has 0 spiro atoms. The fourth-order valence-corrected chi connectivity index (χ4v) is 5.72. The molecule has 1 aliphatic rings. The molecule has 0 fully saturated rings. The molecule has 1 aliphatic heterocycles. The summed E-state index contributed by atoms with van der Waals surface area (Å²) in [4.78, 5) is 44.2. The third kappa shape index (κ3) is 5.56. The van der Waals surface area contributed by atoms with Gasteiger partial charge in [-0.25, -0.2) is 14.6 Å². The molecule has 10 nitrogen and oxygen atoms in total. The standard InChI is InChI=1S/C31H28N2O8S/c1-18-26(30(36)40-15-14-37-2)27(22-10-5-6-11-24(22)38-3)33-28(34)25(42-31(33)32-18)17-21-12-13-23(41-21)19-8-7-9-20(16-19)29(35)39-4/h5-13,16-17,27H,14-15H2,1-4H3. The highest BCUT2D eigenvalue weighted by atomic mass is 32.1. The molecule has 2 aromatic heterocycles. The zero-order valence-corrected chi connectivity index (χ0v) is 24.2. The molecule has 1 unspecified atom stereocenters. The topological polar surface area (TPSA) is 119 Å². The van der Waals surface area contributed by atoms with Crippen molar-refractivity contribution < 1.29 is 33.0 Å². The minimum atomic E-state index is -0.831. The van der Waals surface area contributed by atoms with Gasteiger partial charge >= 0.3 is 11.9 Å². The number of allylic oxidation sites excluding steroid dienone is 1. The first-order chi connectivity index (χ1) is 20.4. The molecule has 1 atom stereocenters. The molecule has 0 N–H and O–H groups in total. The number of carbonyl (C=O) groups is 2. The van der Waals surface area contributed by atoms with E-state index in [1.807, 2.05) is 24.3 Å². The fraction of sp³-hybridized carbons (Fsp3) is 0.226. The van der Waals surface area contributed by atoms with Crippen LogP contribution in [0, 0.1) is 0 Å². The Bertz CT molecular complexity index is 1860. The van der Waals surface area contributed by atoms with Crippen molar-refractivity contribution in [3.63, 3.8) is 0 Å². The highest BCUT2D eigenvalue weighted by Crippen LogP contribution is 2.35. The van der Waals surface area contributed by atoms with Gasteiger partial charge in [0.1, 0.15) is 29.9 Å². The summed E-state index contributed by atoms with van der Waals surface area (Å²) in [5.41, 5.74) is 2.01. The lowest BCUT2D eigenvalue weighted by Crippen LogP contribution is -2.40. The summed E-state index contributed by atoms with van der Waals surface area (Å²) >= 11 is 1.18. The molecule has 216 valence electrons. The lowest BCUT2D eigenvalue weighted by molar-refractivity contribution is -0.140. The molecule has 3 heterocycles. The average molecular weight is 589 g/mol. The Morgan fingerprint density at radius 3 is 2.60 bits per heavy atom. The molecule has 42 heavy (non-hydrogen) atoms. The van der Waals surface area contributed by atoms with Gasteiger partial charge in [-0.2, -0.15) is 0 Å². The van der Waals surface area contributed by atoms with Crippen molar-refractivity contribution in [2.24, 2.45) is 4.99 Å². The van der Waals surface area contributed by atoms with E-state index in [4.69, 9.17) is 23.4 Å². The van der Waals surface area contributed by atoms with E-state index in [1.54, 1.807) is 49.4 Å². The number of benzene rings is 2. The first kappa shape index (κ1) is 28.8. The van der Waals surface area contributed by atoms with Gasteiger partial charge in [0.2, 0.25) is 0 Å². The predicted octanol–water partition coefficient (Wildman–Crippen LogP) is 3.48. The van der Waals surface area contributed by atoms with Crippen LogP contribution in [0.15, 0.2) is 86.1 Å². The Kier molecular flexibility index (Phi) is 8.51. The fourth-order valence-electron chi connectivity index (χ4n) is 4.70. The SMILES string of the molecule is COCCOC(=O)C1=C(C)N=c2sc(=Cc3ccc(-c4cccc(C(=O)OC)c4)o3)c(=O)n2C1c1ccccc1OC. The van der Waals surface area contributed by atoms with Gasteiger partial charge in [-0.1, -0.05) is 41.7 Å². The smallest absolute Gasteiger partial charge is 0.338 e. The number of fused-ring (bicyclic) bond motifs is 1. The summed E-state index contributed by atoms with van der Waals surface area (Å²) in [6.07, 6.45) is 1.63. The van der Waals surface area contributed by atoms with Crippen LogP contribution < -0.4 is 19.6 Å². The van der Waals surface area contributed by atoms with Crippen LogP contribution in [0.3, 0.4) is 0 Å². The average Bonchev–Trinajstić information content (AvgIpc) is 3.60. The first-order valence-corrected chi connectivity index (χ1v) is 13.8. The van der Waals surface area contributed by atoms with E-state index in [-0.39, 0.29) is 24.3 Å². The maximum absolute atomic E-state index is 13.9. The van der Waals surface area contributed by atoms with Crippen LogP contribution >= 0.6 is 11.3 Å². The van der Waals surface area contributed by atoms with Crippen molar-refractivity contribution in [3.05, 3.63) is 109 Å². The van der Waals surface area contributed by atoms with E-state index >= 15 is 0 Å². The van der Waals surface area contributed by atoms with Crippen molar-refractivity contribution in [3.8, 4) is 17.1 Å². The third-order valence-corrected chi connectivity index (χ3v) is 7.65. The number of hydrogen-bond donors (Lipinski definition) is 0. The molecular formula is C31H28N2O8S. The molecule has 0 bridgehead atoms. The van der Waals surface area contributed by atoms with Gasteiger partial charge in [0.25, 0.3) is 5.56 Å². The molecule has 0 amide bonds. The zero-order valence-electron chi connectivity index (χ0n) is 23.4. The predicted molar refractivity (Wildman–Crippen MR) is 155 cm³/mol. The molecule has 5 rings (SSSR count). The number of aromatic nitrogens is 1. The summed E-state index contributed by atoms with van der Waals surface area (Å²) in [6, 6.07) is 16.7. The van der Waals surface area contributed by atoms with Crippen LogP contribution in [0.5, 0.6) is 5.75 Å². The van der Waals surface area contributed by atoms with E-state index in [0.717, 1.165) is 0 Å². The Balaban J connectivity index is 1.59. The van der Waals surface area contributed by atoms with Gasteiger partial charge in [-0.3, -0.25) is 9.36 Å². The van der Waals surface area contributed by atoms with Gasteiger partial charge in [-0.05, 0) is 37.3 Å². The molecule has 11 heteroatoms. The summed E-state index contributed by atoms with van der Waals surface area (Å²) in [5, 5.41) is 0. The highest BCUT2D eigenvalue weighted by Gasteiger charge is 2.35. The van der Waals surface area contributed by atoms with Crippen molar-refractivity contribution >= 4 is 29.4 Å². The van der Waals surface area contributed by atoms with Gasteiger partial charge in [0.05, 0.1) is 42.2 Å². The Hall–Kier alpha value is -4.74. The maximum atomic E-state index is 13.9. The van der Waals surface area contributed by atoms with Crippen LogP contribution in [0.25, 0.3) is 17.4 Å². The number of ether oxygens (including phenoxy) is 4. The van der Waals surface area contributed by atoms with Gasteiger partial charge in [0.15, 0.2) is 4.80 Å². The number of carbonyl (C=O) groups excluding carboxylic acids is 2. The number of nitrogens with zero attached hydrogens (tertiary/aromatic N) is 2. The monoisotopic (exact) mass is 588 g/mol. The van der Waals surface area contributed by atoms with Gasteiger partial charge in [-0.15, -0.1) is 0 Å². The normalized spacial score (nSPS) is 14.8. The van der Waals surface area contributed by atoms with E-state index in [9.17, 15) is 14.4 Å². The largest absolute Gasteiger partial charge is 0.496 e. The van der Waals surface area contributed by atoms with Crippen LogP contribution in [0.2, 0.25) is 0 Å². The van der Waals surface area contributed by atoms with Crippen LogP contribution in [0.4, 0.5) is 0 Å².